The lowest BCUT2D eigenvalue weighted by Crippen LogP contribution is -2.39. The van der Waals surface area contributed by atoms with Crippen LogP contribution in [0.4, 0.5) is 5.69 Å². The number of methoxy groups -OCH3 is 2. The number of carbonyl (C=O) groups is 2. The van der Waals surface area contributed by atoms with Crippen LogP contribution in [0.3, 0.4) is 0 Å². The SMILES string of the molecule is COC(=O)COc1cccc(/C=N\NC(=O)CN(c2ccccc2OC)S(=O)(=O)c2ccc(C)cc2)c1. The molecule has 0 fully saturated rings. The highest BCUT2D eigenvalue weighted by Gasteiger charge is 2.29. The molecule has 0 spiro atoms. The minimum absolute atomic E-state index is 0.0316. The lowest BCUT2D eigenvalue weighted by Gasteiger charge is -2.25. The molecule has 3 rings (SSSR count). The van der Waals surface area contributed by atoms with Crippen molar-refractivity contribution in [3.63, 3.8) is 0 Å². The molecular weight excluding hydrogens is 498 g/mol. The molecule has 11 heteroatoms. The van der Waals surface area contributed by atoms with Crippen LogP contribution in [0.5, 0.6) is 11.5 Å². The number of aryl methyl sites for hydroxylation is 1. The molecule has 0 aliphatic heterocycles. The predicted octanol–water partition coefficient (Wildman–Crippen LogP) is 2.90. The van der Waals surface area contributed by atoms with E-state index in [9.17, 15) is 18.0 Å². The molecule has 194 valence electrons. The molecular formula is C26H27N3O7S. The average Bonchev–Trinajstić information content (AvgIpc) is 2.90. The number of para-hydroxylation sites is 2. The topological polar surface area (TPSA) is 124 Å². The van der Waals surface area contributed by atoms with Crippen LogP contribution in [0.1, 0.15) is 11.1 Å². The first-order valence-corrected chi connectivity index (χ1v) is 12.5. The van der Waals surface area contributed by atoms with Gasteiger partial charge in [-0.05, 0) is 48.9 Å². The largest absolute Gasteiger partial charge is 0.495 e. The van der Waals surface area contributed by atoms with Gasteiger partial charge in [-0.2, -0.15) is 5.10 Å². The third-order valence-electron chi connectivity index (χ3n) is 5.10. The zero-order chi connectivity index (χ0) is 26.8. The van der Waals surface area contributed by atoms with Crippen LogP contribution in [0.15, 0.2) is 82.8 Å². The number of hydrazone groups is 1. The highest BCUT2D eigenvalue weighted by Crippen LogP contribution is 2.32. The lowest BCUT2D eigenvalue weighted by molar-refractivity contribution is -0.142. The Kier molecular flexibility index (Phi) is 9.22. The minimum Gasteiger partial charge on any atom is -0.495 e. The fourth-order valence-corrected chi connectivity index (χ4v) is 4.63. The first-order chi connectivity index (χ1) is 17.7. The fourth-order valence-electron chi connectivity index (χ4n) is 3.20. The molecule has 3 aromatic carbocycles. The van der Waals surface area contributed by atoms with E-state index in [1.807, 2.05) is 6.92 Å². The van der Waals surface area contributed by atoms with Crippen molar-refractivity contribution in [2.75, 3.05) is 31.7 Å². The van der Waals surface area contributed by atoms with Gasteiger partial charge in [0.05, 0.1) is 31.0 Å². The molecule has 0 aromatic heterocycles. The van der Waals surface area contributed by atoms with Gasteiger partial charge in [0.1, 0.15) is 18.0 Å². The molecule has 0 unspecified atom stereocenters. The van der Waals surface area contributed by atoms with Crippen LogP contribution in [-0.4, -0.2) is 53.9 Å². The number of anilines is 1. The predicted molar refractivity (Wildman–Crippen MR) is 138 cm³/mol. The number of nitrogens with one attached hydrogen (secondary N) is 1. The van der Waals surface area contributed by atoms with Crippen molar-refractivity contribution in [2.45, 2.75) is 11.8 Å². The number of rotatable bonds is 11. The molecule has 0 bridgehead atoms. The van der Waals surface area contributed by atoms with E-state index in [2.05, 4.69) is 15.3 Å². The van der Waals surface area contributed by atoms with E-state index in [0.717, 1.165) is 9.87 Å². The normalized spacial score (nSPS) is 11.1. The van der Waals surface area contributed by atoms with Crippen molar-refractivity contribution in [2.24, 2.45) is 5.10 Å². The first-order valence-electron chi connectivity index (χ1n) is 11.1. The summed E-state index contributed by atoms with van der Waals surface area (Å²) in [7, 11) is -1.43. The molecule has 0 radical (unpaired) electrons. The number of nitrogens with zero attached hydrogens (tertiary/aromatic N) is 2. The molecule has 0 aliphatic rings. The van der Waals surface area contributed by atoms with Crippen LogP contribution in [0, 0.1) is 6.92 Å². The van der Waals surface area contributed by atoms with E-state index in [4.69, 9.17) is 9.47 Å². The zero-order valence-corrected chi connectivity index (χ0v) is 21.4. The molecule has 10 nitrogen and oxygen atoms in total. The first kappa shape index (κ1) is 27.2. The Morgan fingerprint density at radius 2 is 1.73 bits per heavy atom. The number of hydrogen-bond donors (Lipinski definition) is 1. The molecule has 0 saturated carbocycles. The molecule has 3 aromatic rings. The summed E-state index contributed by atoms with van der Waals surface area (Å²) >= 11 is 0. The van der Waals surface area contributed by atoms with Crippen molar-refractivity contribution < 1.29 is 32.2 Å². The van der Waals surface area contributed by atoms with E-state index in [1.54, 1.807) is 60.7 Å². The summed E-state index contributed by atoms with van der Waals surface area (Å²) in [6.45, 7) is 1.05. The van der Waals surface area contributed by atoms with Gasteiger partial charge >= 0.3 is 5.97 Å². The lowest BCUT2D eigenvalue weighted by atomic mass is 10.2. The molecule has 0 saturated heterocycles. The van der Waals surface area contributed by atoms with Gasteiger partial charge < -0.3 is 14.2 Å². The van der Waals surface area contributed by atoms with Gasteiger partial charge in [0.2, 0.25) is 0 Å². The molecule has 1 amide bonds. The summed E-state index contributed by atoms with van der Waals surface area (Å²) in [5.74, 6) is -0.493. The van der Waals surface area contributed by atoms with Gasteiger partial charge in [-0.25, -0.2) is 18.6 Å². The fraction of sp³-hybridized carbons (Fsp3) is 0.192. The second kappa shape index (κ2) is 12.5. The Bertz CT molecular complexity index is 1370. The van der Waals surface area contributed by atoms with Crippen LogP contribution in [0.2, 0.25) is 0 Å². The smallest absolute Gasteiger partial charge is 0.343 e. The Morgan fingerprint density at radius 1 is 1.00 bits per heavy atom. The van der Waals surface area contributed by atoms with Crippen molar-refractivity contribution in [3.05, 3.63) is 83.9 Å². The Balaban J connectivity index is 1.78. The maximum absolute atomic E-state index is 13.5. The Labute approximate surface area is 215 Å². The van der Waals surface area contributed by atoms with Crippen molar-refractivity contribution in [3.8, 4) is 11.5 Å². The van der Waals surface area contributed by atoms with Crippen LogP contribution in [0.25, 0.3) is 0 Å². The summed E-state index contributed by atoms with van der Waals surface area (Å²) < 4.78 is 43.2. The number of carbonyl (C=O) groups excluding carboxylic acids is 2. The number of hydrogen-bond acceptors (Lipinski definition) is 8. The van der Waals surface area contributed by atoms with Crippen molar-refractivity contribution >= 4 is 33.8 Å². The molecule has 0 atom stereocenters. The highest BCUT2D eigenvalue weighted by molar-refractivity contribution is 7.92. The standard InChI is InChI=1S/C26H27N3O7S/c1-19-11-13-22(14-12-19)37(32,33)29(23-9-4-5-10-24(23)34-2)17-25(30)28-27-16-20-7-6-8-21(15-20)36-18-26(31)35-3/h4-16H,17-18H2,1-3H3,(H,28,30)/b27-16-. The summed E-state index contributed by atoms with van der Waals surface area (Å²) in [5, 5.41) is 3.93. The van der Waals surface area contributed by atoms with E-state index in [1.165, 1.54) is 32.6 Å². The quantitative estimate of drug-likeness (QED) is 0.232. The summed E-state index contributed by atoms with van der Waals surface area (Å²) in [5.41, 5.74) is 4.04. The van der Waals surface area contributed by atoms with Gasteiger partial charge in [-0.15, -0.1) is 0 Å². The highest BCUT2D eigenvalue weighted by atomic mass is 32.2. The second-order valence-corrected chi connectivity index (χ2v) is 9.59. The molecule has 0 heterocycles. The molecule has 0 aliphatic carbocycles. The number of sulfonamides is 1. The van der Waals surface area contributed by atoms with Gasteiger partial charge in [-0.1, -0.05) is 42.0 Å². The van der Waals surface area contributed by atoms with Gasteiger partial charge in [-0.3, -0.25) is 9.10 Å². The van der Waals surface area contributed by atoms with Gasteiger partial charge in [0, 0.05) is 0 Å². The van der Waals surface area contributed by atoms with Crippen LogP contribution in [-0.2, 0) is 24.3 Å². The van der Waals surface area contributed by atoms with Crippen LogP contribution < -0.4 is 19.2 Å². The Morgan fingerprint density at radius 3 is 2.43 bits per heavy atom. The molecule has 1 N–H and O–H groups in total. The number of ether oxygens (including phenoxy) is 3. The average molecular weight is 526 g/mol. The van der Waals surface area contributed by atoms with Gasteiger partial charge in [0.15, 0.2) is 6.61 Å². The third kappa shape index (κ3) is 7.31. The maximum Gasteiger partial charge on any atom is 0.343 e. The number of esters is 1. The third-order valence-corrected chi connectivity index (χ3v) is 6.87. The van der Waals surface area contributed by atoms with Crippen molar-refractivity contribution in [1.29, 1.82) is 0 Å². The number of amides is 1. The minimum atomic E-state index is -4.11. The summed E-state index contributed by atoms with van der Waals surface area (Å²) in [6, 6.07) is 19.5. The van der Waals surface area contributed by atoms with E-state index >= 15 is 0 Å². The van der Waals surface area contributed by atoms with E-state index < -0.39 is 28.4 Å². The van der Waals surface area contributed by atoms with Crippen molar-refractivity contribution in [1.82, 2.24) is 5.43 Å². The Hall–Kier alpha value is -4.38. The zero-order valence-electron chi connectivity index (χ0n) is 20.6. The van der Waals surface area contributed by atoms with Crippen LogP contribution >= 0.6 is 0 Å². The second-order valence-electron chi connectivity index (χ2n) is 7.73. The van der Waals surface area contributed by atoms with E-state index in [0.29, 0.717) is 17.1 Å². The van der Waals surface area contributed by atoms with Gasteiger partial charge in [0.25, 0.3) is 15.9 Å². The molecule has 37 heavy (non-hydrogen) atoms. The summed E-state index contributed by atoms with van der Waals surface area (Å²) in [4.78, 5) is 24.1. The van der Waals surface area contributed by atoms with E-state index in [-0.39, 0.29) is 17.2 Å². The summed E-state index contributed by atoms with van der Waals surface area (Å²) in [6.07, 6.45) is 1.37. The maximum atomic E-state index is 13.5. The monoisotopic (exact) mass is 525 g/mol. The number of benzene rings is 3.